The van der Waals surface area contributed by atoms with Gasteiger partial charge < -0.3 is 11.1 Å². The summed E-state index contributed by atoms with van der Waals surface area (Å²) in [6, 6.07) is 7.22. The Bertz CT molecular complexity index is 658. The molecule has 0 atom stereocenters. The first kappa shape index (κ1) is 15.1. The number of aryl methyl sites for hydroxylation is 1. The van der Waals surface area contributed by atoms with Gasteiger partial charge in [0, 0.05) is 24.5 Å². The van der Waals surface area contributed by atoms with Gasteiger partial charge in [-0.15, -0.1) is 0 Å². The van der Waals surface area contributed by atoms with Gasteiger partial charge in [-0.05, 0) is 40.0 Å². The second-order valence-corrected chi connectivity index (χ2v) is 5.26. The number of carbonyl (C=O) groups excluding carboxylic acids is 2. The maximum atomic E-state index is 12.0. The molecule has 0 bridgehead atoms. The first-order chi connectivity index (χ1) is 10.0. The Balaban J connectivity index is 2.05. The van der Waals surface area contributed by atoms with Crippen molar-refractivity contribution in [3.05, 3.63) is 52.5 Å². The second-order valence-electron chi connectivity index (χ2n) is 4.35. The van der Waals surface area contributed by atoms with Crippen molar-refractivity contribution in [3.8, 4) is 0 Å². The lowest BCUT2D eigenvalue weighted by molar-refractivity contribution is -0.117. The molecule has 0 fully saturated rings. The molecule has 2 rings (SSSR count). The van der Waals surface area contributed by atoms with Crippen molar-refractivity contribution in [2.24, 2.45) is 5.73 Å². The number of nitrogens with one attached hydrogen (secondary N) is 1. The number of anilines is 1. The highest BCUT2D eigenvalue weighted by Gasteiger charge is 2.09. The molecule has 2 aromatic rings. The highest BCUT2D eigenvalue weighted by molar-refractivity contribution is 9.10. The number of benzene rings is 1. The van der Waals surface area contributed by atoms with Gasteiger partial charge in [0.05, 0.1) is 4.47 Å². The van der Waals surface area contributed by atoms with Crippen LogP contribution in [0, 0.1) is 0 Å². The number of halogens is 1. The Morgan fingerprint density at radius 1 is 1.24 bits per heavy atom. The van der Waals surface area contributed by atoms with Crippen molar-refractivity contribution < 1.29 is 9.59 Å². The van der Waals surface area contributed by atoms with Crippen LogP contribution < -0.4 is 11.1 Å². The van der Waals surface area contributed by atoms with Crippen LogP contribution in [-0.4, -0.2) is 21.8 Å². The summed E-state index contributed by atoms with van der Waals surface area (Å²) in [4.78, 5) is 30.6. The van der Waals surface area contributed by atoms with E-state index in [4.69, 9.17) is 5.73 Å². The molecule has 0 unspecified atom stereocenters. The van der Waals surface area contributed by atoms with Crippen LogP contribution in [0.15, 0.2) is 41.1 Å². The summed E-state index contributed by atoms with van der Waals surface area (Å²) in [6.07, 6.45) is 3.82. The molecule has 2 amide bonds. The number of nitrogens with two attached hydrogens (primary N) is 1. The molecule has 0 aliphatic carbocycles. The fourth-order valence-electron chi connectivity index (χ4n) is 1.69. The van der Waals surface area contributed by atoms with E-state index in [1.807, 2.05) is 6.07 Å². The molecular formula is C14H13BrN4O2. The maximum absolute atomic E-state index is 12.0. The number of primary amides is 1. The molecule has 0 saturated heterocycles. The molecule has 21 heavy (non-hydrogen) atoms. The fourth-order valence-corrected chi connectivity index (χ4v) is 1.89. The SMILES string of the molecule is NC(=O)CCc1cccc(NC(=O)c2ncc(Br)cn2)c1. The minimum atomic E-state index is -0.394. The van der Waals surface area contributed by atoms with Gasteiger partial charge in [0.15, 0.2) is 0 Å². The summed E-state index contributed by atoms with van der Waals surface area (Å²) in [7, 11) is 0. The zero-order valence-corrected chi connectivity index (χ0v) is 12.6. The van der Waals surface area contributed by atoms with Gasteiger partial charge in [-0.2, -0.15) is 0 Å². The smallest absolute Gasteiger partial charge is 0.293 e. The van der Waals surface area contributed by atoms with Crippen LogP contribution in [0.2, 0.25) is 0 Å². The van der Waals surface area contributed by atoms with Gasteiger partial charge >= 0.3 is 0 Å². The third-order valence-electron chi connectivity index (χ3n) is 2.67. The third kappa shape index (κ3) is 4.64. The fraction of sp³-hybridized carbons (Fsp3) is 0.143. The van der Waals surface area contributed by atoms with Crippen molar-refractivity contribution >= 4 is 33.4 Å². The molecular weight excluding hydrogens is 336 g/mol. The largest absolute Gasteiger partial charge is 0.370 e. The van der Waals surface area contributed by atoms with E-state index in [1.165, 1.54) is 12.4 Å². The first-order valence-electron chi connectivity index (χ1n) is 6.21. The Morgan fingerprint density at radius 2 is 1.95 bits per heavy atom. The van der Waals surface area contributed by atoms with Crippen LogP contribution in [0.4, 0.5) is 5.69 Å². The molecule has 7 heteroatoms. The van der Waals surface area contributed by atoms with Crippen molar-refractivity contribution in [2.45, 2.75) is 12.8 Å². The van der Waals surface area contributed by atoms with Crippen LogP contribution in [-0.2, 0) is 11.2 Å². The number of nitrogens with zero attached hydrogens (tertiary/aromatic N) is 2. The third-order valence-corrected chi connectivity index (χ3v) is 3.08. The highest BCUT2D eigenvalue weighted by atomic mass is 79.9. The number of carbonyl (C=O) groups is 2. The maximum Gasteiger partial charge on any atom is 0.293 e. The zero-order valence-electron chi connectivity index (χ0n) is 11.0. The lowest BCUT2D eigenvalue weighted by Crippen LogP contribution is -2.15. The predicted molar refractivity (Wildman–Crippen MR) is 81.6 cm³/mol. The van der Waals surface area contributed by atoms with Gasteiger partial charge in [-0.1, -0.05) is 12.1 Å². The number of aromatic nitrogens is 2. The number of hydrogen-bond acceptors (Lipinski definition) is 4. The van der Waals surface area contributed by atoms with E-state index >= 15 is 0 Å². The predicted octanol–water partition coefficient (Wildman–Crippen LogP) is 1.91. The van der Waals surface area contributed by atoms with Crippen LogP contribution >= 0.6 is 15.9 Å². The summed E-state index contributed by atoms with van der Waals surface area (Å²) < 4.78 is 0.701. The number of hydrogen-bond donors (Lipinski definition) is 2. The average Bonchev–Trinajstić information content (AvgIpc) is 2.46. The van der Waals surface area contributed by atoms with E-state index in [2.05, 4.69) is 31.2 Å². The monoisotopic (exact) mass is 348 g/mol. The van der Waals surface area contributed by atoms with Crippen molar-refractivity contribution in [1.29, 1.82) is 0 Å². The van der Waals surface area contributed by atoms with Crippen molar-refractivity contribution in [2.75, 3.05) is 5.32 Å². The van der Waals surface area contributed by atoms with Gasteiger partial charge in [-0.25, -0.2) is 9.97 Å². The minimum absolute atomic E-state index is 0.0840. The highest BCUT2D eigenvalue weighted by Crippen LogP contribution is 2.13. The second kappa shape index (κ2) is 6.94. The Morgan fingerprint density at radius 3 is 2.62 bits per heavy atom. The quantitative estimate of drug-likeness (QED) is 0.862. The van der Waals surface area contributed by atoms with Gasteiger partial charge in [0.25, 0.3) is 5.91 Å². The van der Waals surface area contributed by atoms with Crippen LogP contribution in [0.25, 0.3) is 0 Å². The van der Waals surface area contributed by atoms with E-state index in [-0.39, 0.29) is 18.2 Å². The topological polar surface area (TPSA) is 98.0 Å². The van der Waals surface area contributed by atoms with Crippen LogP contribution in [0.5, 0.6) is 0 Å². The molecule has 108 valence electrons. The summed E-state index contributed by atoms with van der Waals surface area (Å²) in [5.74, 6) is -0.664. The minimum Gasteiger partial charge on any atom is -0.370 e. The molecule has 0 radical (unpaired) electrons. The average molecular weight is 349 g/mol. The van der Waals surface area contributed by atoms with Gasteiger partial charge in [0.1, 0.15) is 0 Å². The lowest BCUT2D eigenvalue weighted by Gasteiger charge is -2.06. The lowest BCUT2D eigenvalue weighted by atomic mass is 10.1. The summed E-state index contributed by atoms with van der Waals surface area (Å²) >= 11 is 3.21. The molecule has 3 N–H and O–H groups in total. The van der Waals surface area contributed by atoms with E-state index in [0.29, 0.717) is 16.6 Å². The van der Waals surface area contributed by atoms with E-state index < -0.39 is 5.91 Å². The van der Waals surface area contributed by atoms with Crippen molar-refractivity contribution in [3.63, 3.8) is 0 Å². The van der Waals surface area contributed by atoms with E-state index in [1.54, 1.807) is 18.2 Å². The Kier molecular flexibility index (Phi) is 4.99. The Labute approximate surface area is 129 Å². The zero-order chi connectivity index (χ0) is 15.2. The van der Waals surface area contributed by atoms with E-state index in [9.17, 15) is 9.59 Å². The van der Waals surface area contributed by atoms with Crippen LogP contribution in [0.1, 0.15) is 22.6 Å². The normalized spacial score (nSPS) is 10.1. The number of rotatable bonds is 5. The first-order valence-corrected chi connectivity index (χ1v) is 7.00. The van der Waals surface area contributed by atoms with Crippen LogP contribution in [0.3, 0.4) is 0 Å². The standard InChI is InChI=1S/C14H13BrN4O2/c15-10-7-17-13(18-8-10)14(21)19-11-3-1-2-9(6-11)4-5-12(16)20/h1-3,6-8H,4-5H2,(H2,16,20)(H,19,21). The summed E-state index contributed by atoms with van der Waals surface area (Å²) in [6.45, 7) is 0. The molecule has 1 aromatic carbocycles. The number of amides is 2. The molecule has 1 aromatic heterocycles. The van der Waals surface area contributed by atoms with Crippen molar-refractivity contribution in [1.82, 2.24) is 9.97 Å². The van der Waals surface area contributed by atoms with Gasteiger partial charge in [0.2, 0.25) is 11.7 Å². The molecule has 0 aliphatic heterocycles. The summed E-state index contributed by atoms with van der Waals surface area (Å²) in [5.41, 5.74) is 6.66. The molecule has 1 heterocycles. The molecule has 0 spiro atoms. The molecule has 6 nitrogen and oxygen atoms in total. The molecule has 0 saturated carbocycles. The van der Waals surface area contributed by atoms with Gasteiger partial charge in [-0.3, -0.25) is 9.59 Å². The Hall–Kier alpha value is -2.28. The summed E-state index contributed by atoms with van der Waals surface area (Å²) in [5, 5.41) is 2.71. The van der Waals surface area contributed by atoms with E-state index in [0.717, 1.165) is 5.56 Å². The molecule has 0 aliphatic rings.